The predicted octanol–water partition coefficient (Wildman–Crippen LogP) is 15.4. The molecule has 3 aromatic heterocycles. The fraction of sp³-hybridized carbons (Fsp3) is 0. The molecule has 0 bridgehead atoms. The zero-order chi connectivity index (χ0) is 38.2. The number of benzene rings is 9. The smallest absolute Gasteiger partial charge is 0.0547 e. The van der Waals surface area contributed by atoms with Gasteiger partial charge in [-0.2, -0.15) is 0 Å². The Hall–Kier alpha value is -7.40. The minimum absolute atomic E-state index is 1.11. The molecule has 0 radical (unpaired) electrons. The first-order valence-corrected chi connectivity index (χ1v) is 20.6. The number of anilines is 3. The van der Waals surface area contributed by atoms with E-state index >= 15 is 0 Å². The Kier molecular flexibility index (Phi) is 7.40. The quantitative estimate of drug-likeness (QED) is 0.165. The van der Waals surface area contributed by atoms with Crippen LogP contribution in [0.25, 0.3) is 86.3 Å². The molecule has 0 saturated heterocycles. The summed E-state index contributed by atoms with van der Waals surface area (Å²) < 4.78 is 7.38. The number of rotatable bonds is 6. The maximum atomic E-state index is 2.46. The normalized spacial score (nSPS) is 11.8. The highest BCUT2D eigenvalue weighted by molar-refractivity contribution is 7.25. The maximum absolute atomic E-state index is 2.46. The first-order chi connectivity index (χ1) is 28.8. The summed E-state index contributed by atoms with van der Waals surface area (Å²) in [5.74, 6) is 0. The lowest BCUT2D eigenvalue weighted by Gasteiger charge is -2.28. The summed E-state index contributed by atoms with van der Waals surface area (Å²) in [5.41, 5.74) is 12.7. The van der Waals surface area contributed by atoms with Crippen molar-refractivity contribution in [3.05, 3.63) is 212 Å². The van der Waals surface area contributed by atoms with Crippen LogP contribution in [0.4, 0.5) is 17.1 Å². The van der Waals surface area contributed by atoms with Crippen LogP contribution in [-0.4, -0.2) is 9.13 Å². The van der Waals surface area contributed by atoms with Crippen molar-refractivity contribution in [2.75, 3.05) is 4.90 Å². The summed E-state index contributed by atoms with van der Waals surface area (Å²) in [6.07, 6.45) is 0. The Morgan fingerprint density at radius 1 is 0.328 bits per heavy atom. The van der Waals surface area contributed by atoms with Crippen LogP contribution in [-0.2, 0) is 0 Å². The highest BCUT2D eigenvalue weighted by atomic mass is 32.1. The highest BCUT2D eigenvalue weighted by Crippen LogP contribution is 2.46. The molecule has 0 saturated carbocycles. The van der Waals surface area contributed by atoms with E-state index in [-0.39, 0.29) is 0 Å². The molecule has 0 aliphatic heterocycles. The molecule has 3 nitrogen and oxygen atoms in total. The minimum Gasteiger partial charge on any atom is -0.310 e. The van der Waals surface area contributed by atoms with Crippen molar-refractivity contribution in [3.8, 4) is 22.5 Å². The number of fused-ring (bicyclic) bond motifs is 9. The van der Waals surface area contributed by atoms with Gasteiger partial charge in [0.1, 0.15) is 0 Å². The largest absolute Gasteiger partial charge is 0.310 e. The van der Waals surface area contributed by atoms with Crippen LogP contribution in [0, 0.1) is 0 Å². The van der Waals surface area contributed by atoms with Crippen molar-refractivity contribution in [2.45, 2.75) is 0 Å². The van der Waals surface area contributed by atoms with E-state index in [2.05, 4.69) is 226 Å². The number of hydrogen-bond acceptors (Lipinski definition) is 2. The third-order valence-corrected chi connectivity index (χ3v) is 12.8. The fourth-order valence-corrected chi connectivity index (χ4v) is 10.2. The summed E-state index contributed by atoms with van der Waals surface area (Å²) in [4.78, 5) is 2.46. The van der Waals surface area contributed by atoms with E-state index in [1.54, 1.807) is 0 Å². The summed E-state index contributed by atoms with van der Waals surface area (Å²) >= 11 is 1.86. The summed E-state index contributed by atoms with van der Waals surface area (Å²) in [7, 11) is 0. The molecule has 0 amide bonds. The molecular weight excluding hydrogens is 723 g/mol. The molecular formula is C54H35N3S. The van der Waals surface area contributed by atoms with E-state index in [0.29, 0.717) is 0 Å². The van der Waals surface area contributed by atoms with Gasteiger partial charge in [-0.15, -0.1) is 11.3 Å². The molecule has 0 N–H and O–H groups in total. The summed E-state index contributed by atoms with van der Waals surface area (Å²) in [6.45, 7) is 0. The van der Waals surface area contributed by atoms with E-state index in [1.807, 2.05) is 11.3 Å². The zero-order valence-corrected chi connectivity index (χ0v) is 32.3. The Balaban J connectivity index is 1.11. The lowest BCUT2D eigenvalue weighted by atomic mass is 9.99. The van der Waals surface area contributed by atoms with Gasteiger partial charge >= 0.3 is 0 Å². The van der Waals surface area contributed by atoms with Crippen LogP contribution in [0.3, 0.4) is 0 Å². The second-order valence-electron chi connectivity index (χ2n) is 14.9. The van der Waals surface area contributed by atoms with Crippen molar-refractivity contribution in [3.63, 3.8) is 0 Å². The second kappa shape index (κ2) is 13.1. The molecule has 0 fully saturated rings. The fourth-order valence-electron chi connectivity index (χ4n) is 9.14. The van der Waals surface area contributed by atoms with Crippen LogP contribution in [0.1, 0.15) is 0 Å². The number of thiophene rings is 1. The lowest BCUT2D eigenvalue weighted by molar-refractivity contribution is 1.18. The molecule has 4 heteroatoms. The number of nitrogens with zero attached hydrogens (tertiary/aromatic N) is 3. The van der Waals surface area contributed by atoms with Crippen molar-refractivity contribution in [1.29, 1.82) is 0 Å². The predicted molar refractivity (Wildman–Crippen MR) is 248 cm³/mol. The Morgan fingerprint density at radius 3 is 1.59 bits per heavy atom. The van der Waals surface area contributed by atoms with E-state index in [4.69, 9.17) is 0 Å². The van der Waals surface area contributed by atoms with Gasteiger partial charge in [0, 0.05) is 70.0 Å². The Bertz CT molecular complexity index is 3520. The van der Waals surface area contributed by atoms with Crippen molar-refractivity contribution < 1.29 is 0 Å². The monoisotopic (exact) mass is 757 g/mol. The van der Waals surface area contributed by atoms with Gasteiger partial charge in [0.25, 0.3) is 0 Å². The lowest BCUT2D eigenvalue weighted by Crippen LogP contribution is -2.11. The minimum atomic E-state index is 1.11. The molecule has 0 atom stereocenters. The number of aromatic nitrogens is 2. The Morgan fingerprint density at radius 2 is 0.845 bits per heavy atom. The first kappa shape index (κ1) is 32.8. The third-order valence-electron chi connectivity index (χ3n) is 11.7. The van der Waals surface area contributed by atoms with Gasteiger partial charge in [-0.05, 0) is 96.6 Å². The summed E-state index contributed by atoms with van der Waals surface area (Å²) in [6, 6.07) is 77.5. The average molecular weight is 758 g/mol. The van der Waals surface area contributed by atoms with Crippen LogP contribution in [0.5, 0.6) is 0 Å². The van der Waals surface area contributed by atoms with Gasteiger partial charge in [-0.1, -0.05) is 121 Å². The maximum Gasteiger partial charge on any atom is 0.0547 e. The molecule has 9 aromatic carbocycles. The molecule has 272 valence electrons. The van der Waals surface area contributed by atoms with Gasteiger partial charge in [-0.3, -0.25) is 0 Å². The standard InChI is InChI=1S/C54H35N3S/c1-3-15-37(16-4-1)56-50-25-13-9-21-43(50)46-34-39(28-31-51(46)56)55(40-29-32-54-47(35-40)45-22-10-14-26-53(45)58-54)48-23-11-7-19-41(48)36-27-30-44-42-20-8-12-24-49(42)57(52(44)33-36)38-17-5-2-6-18-38/h1-35H. The first-order valence-electron chi connectivity index (χ1n) is 19.8. The SMILES string of the molecule is c1ccc(-n2c3ccccc3c3cc(N(c4ccc5sc6ccccc6c5c4)c4ccccc4-c4ccc5c6ccccc6n(-c6ccccc6)c5c4)ccc32)cc1. The van der Waals surface area contributed by atoms with Crippen LogP contribution in [0.15, 0.2) is 212 Å². The average Bonchev–Trinajstić information content (AvgIpc) is 3.94. The van der Waals surface area contributed by atoms with Crippen LogP contribution in [0.2, 0.25) is 0 Å². The van der Waals surface area contributed by atoms with Gasteiger partial charge in [0.15, 0.2) is 0 Å². The van der Waals surface area contributed by atoms with Crippen molar-refractivity contribution in [2.24, 2.45) is 0 Å². The van der Waals surface area contributed by atoms with Crippen LogP contribution >= 0.6 is 11.3 Å². The second-order valence-corrected chi connectivity index (χ2v) is 16.0. The van der Waals surface area contributed by atoms with Gasteiger partial charge in [0.05, 0.1) is 27.8 Å². The number of para-hydroxylation sites is 5. The topological polar surface area (TPSA) is 13.1 Å². The van der Waals surface area contributed by atoms with E-state index in [9.17, 15) is 0 Å². The zero-order valence-electron chi connectivity index (χ0n) is 31.5. The van der Waals surface area contributed by atoms with Crippen molar-refractivity contribution >= 4 is 92.2 Å². The molecule has 0 aliphatic rings. The van der Waals surface area contributed by atoms with Gasteiger partial charge in [-0.25, -0.2) is 0 Å². The molecule has 3 heterocycles. The van der Waals surface area contributed by atoms with Crippen LogP contribution < -0.4 is 4.90 Å². The molecule has 58 heavy (non-hydrogen) atoms. The highest BCUT2D eigenvalue weighted by Gasteiger charge is 2.22. The van der Waals surface area contributed by atoms with E-state index in [1.165, 1.54) is 63.8 Å². The molecule has 12 aromatic rings. The molecule has 0 unspecified atom stereocenters. The van der Waals surface area contributed by atoms with Gasteiger partial charge in [0.2, 0.25) is 0 Å². The summed E-state index contributed by atoms with van der Waals surface area (Å²) in [5, 5.41) is 7.51. The van der Waals surface area contributed by atoms with E-state index in [0.717, 1.165) is 39.6 Å². The van der Waals surface area contributed by atoms with Crippen molar-refractivity contribution in [1.82, 2.24) is 9.13 Å². The molecule has 12 rings (SSSR count). The number of hydrogen-bond donors (Lipinski definition) is 0. The molecule has 0 aliphatic carbocycles. The Labute approximate surface area is 339 Å². The van der Waals surface area contributed by atoms with Gasteiger partial charge < -0.3 is 14.0 Å². The third kappa shape index (κ3) is 5.05. The van der Waals surface area contributed by atoms with E-state index < -0.39 is 0 Å². The molecule has 0 spiro atoms.